The number of hydrogen-bond donors (Lipinski definition) is 2. The molecule has 0 saturated heterocycles. The third kappa shape index (κ3) is 7.24. The van der Waals surface area contributed by atoms with E-state index in [4.69, 9.17) is 11.0 Å². The fourth-order valence-corrected chi connectivity index (χ4v) is 1.71. The van der Waals surface area contributed by atoms with Crippen LogP contribution in [0.2, 0.25) is 0 Å². The lowest BCUT2D eigenvalue weighted by atomic mass is 9.94. The van der Waals surface area contributed by atoms with E-state index in [0.29, 0.717) is 25.3 Å². The maximum atomic E-state index is 11.6. The molecule has 92 valence electrons. The molecular formula is C12H23N3O. The predicted octanol–water partition coefficient (Wildman–Crippen LogP) is 1.42. The summed E-state index contributed by atoms with van der Waals surface area (Å²) >= 11 is 0. The molecule has 0 rings (SSSR count). The van der Waals surface area contributed by atoms with Gasteiger partial charge in [0, 0.05) is 12.5 Å². The Bertz CT molecular complexity index is 245. The van der Waals surface area contributed by atoms with Crippen molar-refractivity contribution in [1.82, 2.24) is 5.32 Å². The zero-order valence-electron chi connectivity index (χ0n) is 10.5. The number of carbonyl (C=O) groups excluding carboxylic acids is 1. The van der Waals surface area contributed by atoms with Gasteiger partial charge >= 0.3 is 0 Å². The van der Waals surface area contributed by atoms with Crippen molar-refractivity contribution in [3.63, 3.8) is 0 Å². The first-order valence-corrected chi connectivity index (χ1v) is 5.86. The average molecular weight is 225 g/mol. The zero-order chi connectivity index (χ0) is 12.6. The molecule has 0 saturated carbocycles. The Labute approximate surface area is 98.2 Å². The smallest absolute Gasteiger partial charge is 0.220 e. The van der Waals surface area contributed by atoms with E-state index in [1.807, 2.05) is 13.0 Å². The van der Waals surface area contributed by atoms with Crippen LogP contribution in [-0.2, 0) is 4.79 Å². The molecule has 0 heterocycles. The zero-order valence-corrected chi connectivity index (χ0v) is 10.5. The molecule has 0 aliphatic rings. The quantitative estimate of drug-likeness (QED) is 0.687. The van der Waals surface area contributed by atoms with Gasteiger partial charge in [0.25, 0.3) is 0 Å². The first kappa shape index (κ1) is 14.9. The van der Waals surface area contributed by atoms with E-state index in [9.17, 15) is 4.79 Å². The Morgan fingerprint density at radius 3 is 2.50 bits per heavy atom. The minimum atomic E-state index is -0.0741. The number of carbonyl (C=O) groups is 1. The number of hydrogen-bond acceptors (Lipinski definition) is 3. The van der Waals surface area contributed by atoms with Crippen molar-refractivity contribution < 1.29 is 4.79 Å². The summed E-state index contributed by atoms with van der Waals surface area (Å²) in [7, 11) is 0. The third-order valence-electron chi connectivity index (χ3n) is 2.42. The fourth-order valence-electron chi connectivity index (χ4n) is 1.71. The molecule has 4 nitrogen and oxygen atoms in total. The second-order valence-electron chi connectivity index (χ2n) is 4.77. The SMILES string of the molecule is CC(C)CC(CN)CC(=O)NC(C)CC#N. The number of amides is 1. The molecule has 0 aromatic carbocycles. The van der Waals surface area contributed by atoms with Gasteiger partial charge in [0.1, 0.15) is 0 Å². The molecule has 16 heavy (non-hydrogen) atoms. The number of nitrogens with zero attached hydrogens (tertiary/aromatic N) is 1. The van der Waals surface area contributed by atoms with E-state index in [2.05, 4.69) is 19.2 Å². The van der Waals surface area contributed by atoms with Crippen LogP contribution in [-0.4, -0.2) is 18.5 Å². The third-order valence-corrected chi connectivity index (χ3v) is 2.42. The van der Waals surface area contributed by atoms with Gasteiger partial charge in [-0.1, -0.05) is 13.8 Å². The van der Waals surface area contributed by atoms with Gasteiger partial charge in [-0.2, -0.15) is 5.26 Å². The predicted molar refractivity (Wildman–Crippen MR) is 64.5 cm³/mol. The van der Waals surface area contributed by atoms with Crippen LogP contribution in [0.3, 0.4) is 0 Å². The summed E-state index contributed by atoms with van der Waals surface area (Å²) in [6.07, 6.45) is 1.78. The molecule has 0 aliphatic carbocycles. The van der Waals surface area contributed by atoms with Crippen molar-refractivity contribution >= 4 is 5.91 Å². The molecule has 0 aromatic heterocycles. The van der Waals surface area contributed by atoms with Crippen LogP contribution in [0.4, 0.5) is 0 Å². The summed E-state index contributed by atoms with van der Waals surface area (Å²) in [5.74, 6) is 0.797. The van der Waals surface area contributed by atoms with E-state index >= 15 is 0 Å². The van der Waals surface area contributed by atoms with Crippen molar-refractivity contribution in [1.29, 1.82) is 5.26 Å². The molecule has 2 unspecified atom stereocenters. The molecule has 0 aliphatic heterocycles. The van der Waals surface area contributed by atoms with E-state index in [1.165, 1.54) is 0 Å². The summed E-state index contributed by atoms with van der Waals surface area (Å²) in [5, 5.41) is 11.3. The summed E-state index contributed by atoms with van der Waals surface area (Å²) in [6.45, 7) is 6.62. The van der Waals surface area contributed by atoms with Gasteiger partial charge in [0.15, 0.2) is 0 Å². The topological polar surface area (TPSA) is 78.9 Å². The van der Waals surface area contributed by atoms with Crippen LogP contribution < -0.4 is 11.1 Å². The summed E-state index contributed by atoms with van der Waals surface area (Å²) < 4.78 is 0. The first-order chi connectivity index (χ1) is 7.49. The molecule has 1 amide bonds. The van der Waals surface area contributed by atoms with Crippen LogP contribution in [0.25, 0.3) is 0 Å². The molecule has 0 radical (unpaired) electrons. The second kappa shape index (κ2) is 8.12. The minimum Gasteiger partial charge on any atom is -0.353 e. The number of nitriles is 1. The average Bonchev–Trinajstić information content (AvgIpc) is 2.15. The van der Waals surface area contributed by atoms with E-state index < -0.39 is 0 Å². The van der Waals surface area contributed by atoms with Crippen LogP contribution in [0.1, 0.15) is 40.0 Å². The molecule has 0 spiro atoms. The monoisotopic (exact) mass is 225 g/mol. The van der Waals surface area contributed by atoms with Crippen molar-refractivity contribution in [2.24, 2.45) is 17.6 Å². The van der Waals surface area contributed by atoms with Crippen LogP contribution >= 0.6 is 0 Å². The molecule has 2 atom stereocenters. The second-order valence-corrected chi connectivity index (χ2v) is 4.77. The molecular weight excluding hydrogens is 202 g/mol. The molecule has 0 bridgehead atoms. The number of rotatable bonds is 7. The number of nitrogens with one attached hydrogen (secondary N) is 1. The van der Waals surface area contributed by atoms with E-state index in [-0.39, 0.29) is 17.9 Å². The van der Waals surface area contributed by atoms with E-state index in [1.54, 1.807) is 0 Å². The van der Waals surface area contributed by atoms with Crippen molar-refractivity contribution in [3.8, 4) is 6.07 Å². The van der Waals surface area contributed by atoms with Gasteiger partial charge in [0.2, 0.25) is 5.91 Å². The lowest BCUT2D eigenvalue weighted by molar-refractivity contribution is -0.122. The summed E-state index contributed by atoms with van der Waals surface area (Å²) in [4.78, 5) is 11.6. The Hall–Kier alpha value is -1.08. The normalized spacial score (nSPS) is 14.2. The lowest BCUT2D eigenvalue weighted by Crippen LogP contribution is -2.34. The molecule has 4 heteroatoms. The number of nitrogens with two attached hydrogens (primary N) is 1. The highest BCUT2D eigenvalue weighted by Gasteiger charge is 2.15. The Balaban J connectivity index is 3.96. The summed E-state index contributed by atoms with van der Waals surface area (Å²) in [5.41, 5.74) is 5.63. The van der Waals surface area contributed by atoms with Crippen LogP contribution in [0.5, 0.6) is 0 Å². The van der Waals surface area contributed by atoms with Gasteiger partial charge in [-0.05, 0) is 31.7 Å². The summed E-state index contributed by atoms with van der Waals surface area (Å²) in [6, 6.07) is 1.96. The largest absolute Gasteiger partial charge is 0.353 e. The van der Waals surface area contributed by atoms with Gasteiger partial charge in [0.05, 0.1) is 12.5 Å². The highest BCUT2D eigenvalue weighted by Crippen LogP contribution is 2.14. The van der Waals surface area contributed by atoms with Gasteiger partial charge in [-0.15, -0.1) is 0 Å². The van der Waals surface area contributed by atoms with Crippen molar-refractivity contribution in [2.75, 3.05) is 6.54 Å². The van der Waals surface area contributed by atoms with Gasteiger partial charge in [-0.3, -0.25) is 4.79 Å². The van der Waals surface area contributed by atoms with Gasteiger partial charge < -0.3 is 11.1 Å². The Kier molecular flexibility index (Phi) is 7.57. The highest BCUT2D eigenvalue weighted by molar-refractivity contribution is 5.76. The molecule has 0 aromatic rings. The highest BCUT2D eigenvalue weighted by atomic mass is 16.1. The lowest BCUT2D eigenvalue weighted by Gasteiger charge is -2.18. The maximum absolute atomic E-state index is 11.6. The molecule has 0 fully saturated rings. The van der Waals surface area contributed by atoms with E-state index in [0.717, 1.165) is 6.42 Å². The Morgan fingerprint density at radius 1 is 1.44 bits per heavy atom. The van der Waals surface area contributed by atoms with Crippen LogP contribution in [0, 0.1) is 23.2 Å². The van der Waals surface area contributed by atoms with Crippen LogP contribution in [0.15, 0.2) is 0 Å². The van der Waals surface area contributed by atoms with Gasteiger partial charge in [-0.25, -0.2) is 0 Å². The standard InChI is InChI=1S/C12H23N3O/c1-9(2)6-11(8-14)7-12(16)15-10(3)4-5-13/h9-11H,4,6-8,14H2,1-3H3,(H,15,16). The Morgan fingerprint density at radius 2 is 2.06 bits per heavy atom. The molecule has 3 N–H and O–H groups in total. The minimum absolute atomic E-state index is 0.00106. The van der Waals surface area contributed by atoms with Crippen molar-refractivity contribution in [2.45, 2.75) is 46.1 Å². The maximum Gasteiger partial charge on any atom is 0.220 e. The fraction of sp³-hybridized carbons (Fsp3) is 0.833. The van der Waals surface area contributed by atoms with Crippen molar-refractivity contribution in [3.05, 3.63) is 0 Å². The first-order valence-electron chi connectivity index (χ1n) is 5.86.